The van der Waals surface area contributed by atoms with Crippen LogP contribution in [0.1, 0.15) is 62.6 Å². The van der Waals surface area contributed by atoms with Gasteiger partial charge in [0.1, 0.15) is 5.75 Å². The summed E-state index contributed by atoms with van der Waals surface area (Å²) < 4.78 is 5.83. The molecular weight excluding hydrogens is 220 g/mol. The molecule has 0 spiro atoms. The third-order valence-electron chi connectivity index (χ3n) is 5.19. The number of methoxy groups -OCH3 is 1. The van der Waals surface area contributed by atoms with E-state index in [4.69, 9.17) is 4.74 Å². The SMILES string of the molecule is CCC1(c2cc(C)cc(C3(C)CC3)c2OC)CC1. The van der Waals surface area contributed by atoms with Crippen LogP contribution in [0, 0.1) is 6.92 Å². The topological polar surface area (TPSA) is 9.23 Å². The monoisotopic (exact) mass is 244 g/mol. The molecule has 0 atom stereocenters. The smallest absolute Gasteiger partial charge is 0.126 e. The van der Waals surface area contributed by atoms with Crippen LogP contribution in [-0.4, -0.2) is 7.11 Å². The van der Waals surface area contributed by atoms with Gasteiger partial charge in [0.25, 0.3) is 0 Å². The number of hydrogen-bond acceptors (Lipinski definition) is 1. The molecule has 1 nitrogen and oxygen atoms in total. The molecule has 0 bridgehead atoms. The molecule has 0 unspecified atom stereocenters. The first kappa shape index (κ1) is 12.1. The van der Waals surface area contributed by atoms with E-state index in [-0.39, 0.29) is 0 Å². The van der Waals surface area contributed by atoms with Crippen molar-refractivity contribution in [2.75, 3.05) is 7.11 Å². The quantitative estimate of drug-likeness (QED) is 0.758. The second-order valence-electron chi connectivity index (χ2n) is 6.59. The Balaban J connectivity index is 2.16. The first-order valence-electron chi connectivity index (χ1n) is 7.24. The molecular formula is C17H24O. The van der Waals surface area contributed by atoms with Crippen LogP contribution in [0.25, 0.3) is 0 Å². The van der Waals surface area contributed by atoms with Crippen LogP contribution in [0.15, 0.2) is 12.1 Å². The summed E-state index contributed by atoms with van der Waals surface area (Å²) >= 11 is 0. The fraction of sp³-hybridized carbons (Fsp3) is 0.647. The molecule has 3 rings (SSSR count). The molecule has 0 aromatic heterocycles. The fourth-order valence-corrected chi connectivity index (χ4v) is 3.26. The molecule has 0 aliphatic heterocycles. The van der Waals surface area contributed by atoms with Gasteiger partial charge in [-0.2, -0.15) is 0 Å². The summed E-state index contributed by atoms with van der Waals surface area (Å²) in [7, 11) is 1.84. The molecule has 2 aliphatic carbocycles. The maximum Gasteiger partial charge on any atom is 0.126 e. The van der Waals surface area contributed by atoms with E-state index in [1.807, 2.05) is 7.11 Å². The highest BCUT2D eigenvalue weighted by Gasteiger charge is 2.48. The summed E-state index contributed by atoms with van der Waals surface area (Å²) in [5.74, 6) is 1.19. The molecule has 1 aromatic rings. The van der Waals surface area contributed by atoms with E-state index in [1.165, 1.54) is 54.5 Å². The van der Waals surface area contributed by atoms with Crippen molar-refractivity contribution in [2.45, 2.75) is 63.7 Å². The number of rotatable bonds is 4. The van der Waals surface area contributed by atoms with Gasteiger partial charge in [0.05, 0.1) is 7.11 Å². The first-order chi connectivity index (χ1) is 8.54. The molecule has 0 amide bonds. The summed E-state index contributed by atoms with van der Waals surface area (Å²) in [4.78, 5) is 0. The van der Waals surface area contributed by atoms with Gasteiger partial charge in [-0.05, 0) is 49.9 Å². The van der Waals surface area contributed by atoms with Gasteiger partial charge in [-0.3, -0.25) is 0 Å². The van der Waals surface area contributed by atoms with Crippen LogP contribution in [0.4, 0.5) is 0 Å². The van der Waals surface area contributed by atoms with Crippen LogP contribution in [0.5, 0.6) is 5.75 Å². The van der Waals surface area contributed by atoms with Crippen molar-refractivity contribution in [3.05, 3.63) is 28.8 Å². The minimum absolute atomic E-state index is 0.385. The van der Waals surface area contributed by atoms with E-state index in [2.05, 4.69) is 32.9 Å². The maximum absolute atomic E-state index is 5.83. The zero-order valence-corrected chi connectivity index (χ0v) is 12.1. The third-order valence-corrected chi connectivity index (χ3v) is 5.19. The highest BCUT2D eigenvalue weighted by atomic mass is 16.5. The normalized spacial score (nSPS) is 22.7. The summed E-state index contributed by atoms with van der Waals surface area (Å²) in [6.07, 6.45) is 6.53. The Hall–Kier alpha value is -0.980. The lowest BCUT2D eigenvalue weighted by atomic mass is 9.85. The van der Waals surface area contributed by atoms with Gasteiger partial charge in [0, 0.05) is 11.1 Å². The molecule has 2 aliphatic rings. The molecule has 0 N–H and O–H groups in total. The molecule has 2 fully saturated rings. The summed E-state index contributed by atoms with van der Waals surface area (Å²) in [6.45, 7) is 6.91. The third kappa shape index (κ3) is 1.67. The highest BCUT2D eigenvalue weighted by Crippen LogP contribution is 2.58. The van der Waals surface area contributed by atoms with Crippen molar-refractivity contribution < 1.29 is 4.74 Å². The van der Waals surface area contributed by atoms with Crippen molar-refractivity contribution in [3.8, 4) is 5.75 Å². The second-order valence-corrected chi connectivity index (χ2v) is 6.59. The van der Waals surface area contributed by atoms with E-state index >= 15 is 0 Å². The Morgan fingerprint density at radius 2 is 1.72 bits per heavy atom. The summed E-state index contributed by atoms with van der Waals surface area (Å²) in [5.41, 5.74) is 5.15. The van der Waals surface area contributed by atoms with E-state index < -0.39 is 0 Å². The summed E-state index contributed by atoms with van der Waals surface area (Å²) in [5, 5.41) is 0. The maximum atomic E-state index is 5.83. The molecule has 18 heavy (non-hydrogen) atoms. The van der Waals surface area contributed by atoms with Gasteiger partial charge in [0.15, 0.2) is 0 Å². The van der Waals surface area contributed by atoms with E-state index in [0.717, 1.165) is 0 Å². The largest absolute Gasteiger partial charge is 0.496 e. The van der Waals surface area contributed by atoms with Gasteiger partial charge in [-0.25, -0.2) is 0 Å². The Labute approximate surface area is 111 Å². The minimum Gasteiger partial charge on any atom is -0.496 e. The number of benzene rings is 1. The van der Waals surface area contributed by atoms with Gasteiger partial charge in [0.2, 0.25) is 0 Å². The summed E-state index contributed by atoms with van der Waals surface area (Å²) in [6, 6.07) is 4.71. The van der Waals surface area contributed by atoms with Crippen LogP contribution >= 0.6 is 0 Å². The lowest BCUT2D eigenvalue weighted by Crippen LogP contribution is -2.12. The molecule has 1 aromatic carbocycles. The van der Waals surface area contributed by atoms with Crippen LogP contribution in [-0.2, 0) is 10.8 Å². The van der Waals surface area contributed by atoms with Gasteiger partial charge in [-0.1, -0.05) is 31.5 Å². The Kier molecular flexibility index (Phi) is 2.52. The number of aryl methyl sites for hydroxylation is 1. The number of ether oxygens (including phenoxy) is 1. The molecule has 1 heteroatoms. The molecule has 0 radical (unpaired) electrons. The van der Waals surface area contributed by atoms with Gasteiger partial charge in [-0.15, -0.1) is 0 Å². The molecule has 2 saturated carbocycles. The van der Waals surface area contributed by atoms with Crippen LogP contribution in [0.3, 0.4) is 0 Å². The van der Waals surface area contributed by atoms with Gasteiger partial charge < -0.3 is 4.74 Å². The standard InChI is InChI=1S/C17H24O/c1-5-17(8-9-17)14-11-12(2)10-13(15(14)18-4)16(3)6-7-16/h10-11H,5-9H2,1-4H3. The Morgan fingerprint density at radius 3 is 2.17 bits per heavy atom. The molecule has 0 saturated heterocycles. The van der Waals surface area contributed by atoms with E-state index in [1.54, 1.807) is 0 Å². The van der Waals surface area contributed by atoms with Crippen molar-refractivity contribution in [3.63, 3.8) is 0 Å². The Bertz CT molecular complexity index is 479. The second kappa shape index (κ2) is 3.76. The minimum atomic E-state index is 0.385. The zero-order valence-electron chi connectivity index (χ0n) is 12.1. The first-order valence-corrected chi connectivity index (χ1v) is 7.24. The highest BCUT2D eigenvalue weighted by molar-refractivity contribution is 5.54. The number of hydrogen-bond donors (Lipinski definition) is 0. The Morgan fingerprint density at radius 1 is 1.11 bits per heavy atom. The lowest BCUT2D eigenvalue weighted by molar-refractivity contribution is 0.393. The molecule has 98 valence electrons. The fourth-order valence-electron chi connectivity index (χ4n) is 3.26. The van der Waals surface area contributed by atoms with E-state index in [9.17, 15) is 0 Å². The van der Waals surface area contributed by atoms with Crippen LogP contribution < -0.4 is 4.74 Å². The average molecular weight is 244 g/mol. The van der Waals surface area contributed by atoms with E-state index in [0.29, 0.717) is 10.8 Å². The van der Waals surface area contributed by atoms with Gasteiger partial charge >= 0.3 is 0 Å². The van der Waals surface area contributed by atoms with Crippen molar-refractivity contribution in [1.29, 1.82) is 0 Å². The van der Waals surface area contributed by atoms with Crippen molar-refractivity contribution in [1.82, 2.24) is 0 Å². The van der Waals surface area contributed by atoms with Crippen molar-refractivity contribution >= 4 is 0 Å². The zero-order chi connectivity index (χ0) is 13.0. The predicted octanol–water partition coefficient (Wildman–Crippen LogP) is 4.50. The lowest BCUT2D eigenvalue weighted by Gasteiger charge is -2.23. The van der Waals surface area contributed by atoms with Crippen LogP contribution in [0.2, 0.25) is 0 Å². The van der Waals surface area contributed by atoms with Crippen molar-refractivity contribution in [2.24, 2.45) is 0 Å². The average Bonchev–Trinajstić information content (AvgIpc) is 3.25. The molecule has 0 heterocycles. The predicted molar refractivity (Wildman–Crippen MR) is 75.5 cm³/mol.